The maximum atomic E-state index is 11.9. The van der Waals surface area contributed by atoms with Gasteiger partial charge in [-0.25, -0.2) is 17.9 Å². The molecule has 1 aromatic carbocycles. The zero-order valence-electron chi connectivity index (χ0n) is 9.58. The molecule has 0 aliphatic rings. The molecule has 0 amide bonds. The number of rotatable bonds is 6. The molecule has 1 unspecified atom stereocenters. The van der Waals surface area contributed by atoms with Crippen LogP contribution in [0.3, 0.4) is 0 Å². The Kier molecular flexibility index (Phi) is 5.44. The third kappa shape index (κ3) is 4.25. The van der Waals surface area contributed by atoms with Gasteiger partial charge in [-0.1, -0.05) is 0 Å². The van der Waals surface area contributed by atoms with Crippen molar-refractivity contribution in [1.82, 2.24) is 4.72 Å². The highest BCUT2D eigenvalue weighted by Gasteiger charge is 2.19. The first-order valence-corrected chi connectivity index (χ1v) is 7.37. The third-order valence-electron chi connectivity index (χ3n) is 2.19. The van der Waals surface area contributed by atoms with Crippen LogP contribution in [0, 0.1) is 0 Å². The molecule has 0 aliphatic heterocycles. The van der Waals surface area contributed by atoms with Gasteiger partial charge < -0.3 is 15.3 Å². The second kappa shape index (κ2) is 6.44. The summed E-state index contributed by atoms with van der Waals surface area (Å²) < 4.78 is 25.9. The monoisotopic (exact) mass is 353 g/mol. The Bertz CT molecular complexity index is 573. The highest BCUT2D eigenvalue weighted by atomic mass is 79.9. The largest absolute Gasteiger partial charge is 0.478 e. The quantitative estimate of drug-likeness (QED) is 0.560. The Balaban J connectivity index is 2.99. The zero-order valence-corrected chi connectivity index (χ0v) is 12.0. The number of halogens is 1. The van der Waals surface area contributed by atoms with E-state index in [-0.39, 0.29) is 21.5 Å². The van der Waals surface area contributed by atoms with Crippen molar-refractivity contribution in [3.63, 3.8) is 0 Å². The van der Waals surface area contributed by atoms with E-state index in [9.17, 15) is 13.2 Å². The topological polar surface area (TPSA) is 124 Å². The summed E-state index contributed by atoms with van der Waals surface area (Å²) in [7, 11) is -3.90. The Morgan fingerprint density at radius 1 is 1.42 bits per heavy atom. The second-order valence-electron chi connectivity index (χ2n) is 3.64. The summed E-state index contributed by atoms with van der Waals surface area (Å²) in [5.41, 5.74) is -0.0544. The molecular formula is C10H12BrNO6S. The van der Waals surface area contributed by atoms with Crippen LogP contribution in [0.2, 0.25) is 0 Å². The van der Waals surface area contributed by atoms with Gasteiger partial charge >= 0.3 is 5.97 Å². The molecule has 9 heteroatoms. The van der Waals surface area contributed by atoms with Crippen molar-refractivity contribution in [2.45, 2.75) is 11.0 Å². The van der Waals surface area contributed by atoms with Crippen LogP contribution in [0.25, 0.3) is 0 Å². The predicted molar refractivity (Wildman–Crippen MR) is 69.4 cm³/mol. The van der Waals surface area contributed by atoms with E-state index in [2.05, 4.69) is 20.7 Å². The molecule has 1 aromatic rings. The number of carboxylic acids is 1. The van der Waals surface area contributed by atoms with E-state index in [1.54, 1.807) is 0 Å². The van der Waals surface area contributed by atoms with E-state index in [4.69, 9.17) is 15.3 Å². The molecular weight excluding hydrogens is 342 g/mol. The lowest BCUT2D eigenvalue weighted by molar-refractivity contribution is 0.0696. The van der Waals surface area contributed by atoms with Gasteiger partial charge in [0.15, 0.2) is 0 Å². The minimum atomic E-state index is -3.90. The highest BCUT2D eigenvalue weighted by Crippen LogP contribution is 2.23. The minimum Gasteiger partial charge on any atom is -0.478 e. The van der Waals surface area contributed by atoms with E-state index < -0.39 is 28.7 Å². The number of aliphatic hydroxyl groups excluding tert-OH is 2. The predicted octanol–water partition coefficient (Wildman–Crippen LogP) is -0.221. The molecule has 0 spiro atoms. The number of benzene rings is 1. The zero-order chi connectivity index (χ0) is 14.6. The van der Waals surface area contributed by atoms with Gasteiger partial charge in [0.2, 0.25) is 10.0 Å². The Labute approximate surface area is 118 Å². The van der Waals surface area contributed by atoms with Crippen LogP contribution < -0.4 is 4.72 Å². The van der Waals surface area contributed by atoms with Gasteiger partial charge in [0.05, 0.1) is 23.2 Å². The fourth-order valence-electron chi connectivity index (χ4n) is 1.20. The Morgan fingerprint density at radius 2 is 2.05 bits per heavy atom. The van der Waals surface area contributed by atoms with Crippen molar-refractivity contribution < 1.29 is 28.5 Å². The number of hydrogen-bond donors (Lipinski definition) is 4. The maximum Gasteiger partial charge on any atom is 0.335 e. The first kappa shape index (κ1) is 16.1. The van der Waals surface area contributed by atoms with Crippen LogP contribution in [0.4, 0.5) is 0 Å². The summed E-state index contributed by atoms with van der Waals surface area (Å²) in [6.45, 7) is -0.909. The number of hydrogen-bond acceptors (Lipinski definition) is 5. The number of sulfonamides is 1. The van der Waals surface area contributed by atoms with Crippen molar-refractivity contribution in [2.75, 3.05) is 13.2 Å². The van der Waals surface area contributed by atoms with Crippen molar-refractivity contribution >= 4 is 31.9 Å². The molecule has 1 atom stereocenters. The lowest BCUT2D eigenvalue weighted by Gasteiger charge is -2.11. The molecule has 0 bridgehead atoms. The molecule has 7 nitrogen and oxygen atoms in total. The van der Waals surface area contributed by atoms with E-state index in [1.807, 2.05) is 0 Å². The lowest BCUT2D eigenvalue weighted by Crippen LogP contribution is -2.34. The molecule has 19 heavy (non-hydrogen) atoms. The fraction of sp³-hybridized carbons (Fsp3) is 0.300. The summed E-state index contributed by atoms with van der Waals surface area (Å²) in [5, 5.41) is 26.4. The maximum absolute atomic E-state index is 11.9. The van der Waals surface area contributed by atoms with Gasteiger partial charge in [0, 0.05) is 11.0 Å². The standard InChI is InChI=1S/C10H12BrNO6S/c11-8-3-6(10(15)16)1-2-9(8)19(17,18)12-4-7(14)5-13/h1-3,7,12-14H,4-5H2,(H,15,16). The van der Waals surface area contributed by atoms with Crippen LogP contribution in [0.5, 0.6) is 0 Å². The number of aromatic carboxylic acids is 1. The van der Waals surface area contributed by atoms with E-state index in [0.29, 0.717) is 0 Å². The number of nitrogens with one attached hydrogen (secondary N) is 1. The Morgan fingerprint density at radius 3 is 2.53 bits per heavy atom. The summed E-state index contributed by atoms with van der Waals surface area (Å²) in [6, 6.07) is 3.46. The van der Waals surface area contributed by atoms with Crippen molar-refractivity contribution in [1.29, 1.82) is 0 Å². The number of aliphatic hydroxyl groups is 2. The molecule has 0 heterocycles. The molecule has 0 radical (unpaired) electrons. The highest BCUT2D eigenvalue weighted by molar-refractivity contribution is 9.10. The lowest BCUT2D eigenvalue weighted by atomic mass is 10.2. The third-order valence-corrected chi connectivity index (χ3v) is 4.59. The normalized spacial score (nSPS) is 13.2. The van der Waals surface area contributed by atoms with E-state index in [1.165, 1.54) is 6.07 Å². The van der Waals surface area contributed by atoms with Gasteiger partial charge in [-0.2, -0.15) is 0 Å². The average molecular weight is 354 g/mol. The van der Waals surface area contributed by atoms with Gasteiger partial charge in [0.25, 0.3) is 0 Å². The van der Waals surface area contributed by atoms with E-state index >= 15 is 0 Å². The van der Waals surface area contributed by atoms with Crippen LogP contribution in [0.1, 0.15) is 10.4 Å². The van der Waals surface area contributed by atoms with E-state index in [0.717, 1.165) is 12.1 Å². The fourth-order valence-corrected chi connectivity index (χ4v) is 3.35. The molecule has 0 fully saturated rings. The van der Waals surface area contributed by atoms with Crippen LogP contribution in [-0.4, -0.2) is 49.0 Å². The minimum absolute atomic E-state index is 0.0544. The first-order chi connectivity index (χ1) is 8.77. The van der Waals surface area contributed by atoms with Gasteiger partial charge in [-0.15, -0.1) is 0 Å². The van der Waals surface area contributed by atoms with Crippen molar-refractivity contribution in [3.8, 4) is 0 Å². The molecule has 1 rings (SSSR count). The summed E-state index contributed by atoms with van der Waals surface area (Å²) in [5.74, 6) is -1.17. The molecule has 106 valence electrons. The molecule has 0 aromatic heterocycles. The molecule has 4 N–H and O–H groups in total. The average Bonchev–Trinajstić information content (AvgIpc) is 2.35. The summed E-state index contributed by atoms with van der Waals surface area (Å²) >= 11 is 2.98. The second-order valence-corrected chi connectivity index (χ2v) is 6.23. The van der Waals surface area contributed by atoms with Crippen molar-refractivity contribution in [2.24, 2.45) is 0 Å². The summed E-state index contributed by atoms with van der Waals surface area (Å²) in [4.78, 5) is 10.6. The van der Waals surface area contributed by atoms with Crippen LogP contribution in [-0.2, 0) is 10.0 Å². The molecule has 0 saturated carbocycles. The van der Waals surface area contributed by atoms with Crippen LogP contribution in [0.15, 0.2) is 27.6 Å². The van der Waals surface area contributed by atoms with Crippen LogP contribution >= 0.6 is 15.9 Å². The molecule has 0 saturated heterocycles. The van der Waals surface area contributed by atoms with Gasteiger partial charge in [-0.3, -0.25) is 0 Å². The smallest absolute Gasteiger partial charge is 0.335 e. The van der Waals surface area contributed by atoms with Gasteiger partial charge in [-0.05, 0) is 34.1 Å². The first-order valence-electron chi connectivity index (χ1n) is 5.09. The Hall–Kier alpha value is -1.00. The molecule has 0 aliphatic carbocycles. The number of carboxylic acid groups (broad SMARTS) is 1. The van der Waals surface area contributed by atoms with Gasteiger partial charge in [0.1, 0.15) is 0 Å². The summed E-state index contributed by atoms with van der Waals surface area (Å²) in [6.07, 6.45) is -1.20. The SMILES string of the molecule is O=C(O)c1ccc(S(=O)(=O)NCC(O)CO)c(Br)c1. The number of carbonyl (C=O) groups is 1. The van der Waals surface area contributed by atoms with Crippen molar-refractivity contribution in [3.05, 3.63) is 28.2 Å².